The molecule has 0 bridgehead atoms. The van der Waals surface area contributed by atoms with E-state index in [1.165, 1.54) is 16.4 Å². The molecule has 0 radical (unpaired) electrons. The lowest BCUT2D eigenvalue weighted by atomic mass is 10.0. The summed E-state index contributed by atoms with van der Waals surface area (Å²) >= 11 is 0. The van der Waals surface area contributed by atoms with Gasteiger partial charge < -0.3 is 10.1 Å². The van der Waals surface area contributed by atoms with E-state index >= 15 is 0 Å². The maximum absolute atomic E-state index is 12.7. The number of rotatable bonds is 5. The molecule has 2 aliphatic heterocycles. The van der Waals surface area contributed by atoms with Gasteiger partial charge in [-0.05, 0) is 37.1 Å². The molecular weight excluding hydrogens is 380 g/mol. The number of hydrogen-bond acceptors (Lipinski definition) is 5. The highest BCUT2D eigenvalue weighted by Crippen LogP contribution is 2.33. The zero-order chi connectivity index (χ0) is 19.7. The average Bonchev–Trinajstić information content (AvgIpc) is 3.32. The van der Waals surface area contributed by atoms with Crippen LogP contribution in [0.4, 0.5) is 5.69 Å². The second-order valence-electron chi connectivity index (χ2n) is 6.87. The van der Waals surface area contributed by atoms with E-state index in [1.807, 2.05) is 0 Å². The Morgan fingerprint density at radius 2 is 1.86 bits per heavy atom. The van der Waals surface area contributed by atoms with Gasteiger partial charge in [0.2, 0.25) is 15.9 Å². The monoisotopic (exact) mass is 400 g/mol. The van der Waals surface area contributed by atoms with Crippen molar-refractivity contribution in [2.24, 2.45) is 0 Å². The van der Waals surface area contributed by atoms with Gasteiger partial charge in [-0.2, -0.15) is 4.31 Å². The van der Waals surface area contributed by atoms with Crippen molar-refractivity contribution < 1.29 is 22.7 Å². The fourth-order valence-electron chi connectivity index (χ4n) is 3.56. The summed E-state index contributed by atoms with van der Waals surface area (Å²) in [5.41, 5.74) is 1.55. The molecule has 0 aromatic heterocycles. The molecule has 1 N–H and O–H groups in total. The lowest BCUT2D eigenvalue weighted by Gasteiger charge is -2.16. The Labute approximate surface area is 163 Å². The zero-order valence-corrected chi connectivity index (χ0v) is 15.9. The number of carbonyl (C=O) groups is 2. The maximum atomic E-state index is 12.7. The van der Waals surface area contributed by atoms with Gasteiger partial charge in [-0.25, -0.2) is 13.2 Å². The molecule has 0 unspecified atom stereocenters. The van der Waals surface area contributed by atoms with Crippen LogP contribution in [0.25, 0.3) is 0 Å². The van der Waals surface area contributed by atoms with Crippen molar-refractivity contribution in [2.75, 3.05) is 18.4 Å². The number of anilines is 1. The van der Waals surface area contributed by atoms with Crippen molar-refractivity contribution in [3.05, 3.63) is 59.7 Å². The van der Waals surface area contributed by atoms with Crippen LogP contribution in [0.15, 0.2) is 53.4 Å². The van der Waals surface area contributed by atoms with Crippen LogP contribution in [0.1, 0.15) is 41.3 Å². The minimum absolute atomic E-state index is 0.0359. The molecule has 4 rings (SSSR count). The summed E-state index contributed by atoms with van der Waals surface area (Å²) in [4.78, 5) is 24.5. The molecule has 0 spiro atoms. The second-order valence-corrected chi connectivity index (χ2v) is 8.81. The van der Waals surface area contributed by atoms with E-state index in [2.05, 4.69) is 5.32 Å². The highest BCUT2D eigenvalue weighted by Gasteiger charge is 2.32. The third kappa shape index (κ3) is 3.53. The average molecular weight is 400 g/mol. The Hall–Kier alpha value is -2.71. The molecule has 1 atom stereocenters. The molecule has 0 aliphatic carbocycles. The molecule has 0 saturated carbocycles. The number of hydrogen-bond donors (Lipinski definition) is 1. The number of cyclic esters (lactones) is 1. The first kappa shape index (κ1) is 18.6. The molecule has 2 aromatic rings. The van der Waals surface area contributed by atoms with Crippen LogP contribution < -0.4 is 5.32 Å². The quantitative estimate of drug-likeness (QED) is 0.779. The topological polar surface area (TPSA) is 92.8 Å². The van der Waals surface area contributed by atoms with Crippen LogP contribution >= 0.6 is 0 Å². The van der Waals surface area contributed by atoms with Gasteiger partial charge in [0.25, 0.3) is 0 Å². The van der Waals surface area contributed by atoms with Crippen molar-refractivity contribution in [2.45, 2.75) is 30.3 Å². The van der Waals surface area contributed by atoms with Gasteiger partial charge in [0.1, 0.15) is 6.10 Å². The van der Waals surface area contributed by atoms with Crippen LogP contribution in [0, 0.1) is 0 Å². The number of benzene rings is 2. The van der Waals surface area contributed by atoms with Crippen molar-refractivity contribution in [1.82, 2.24) is 4.31 Å². The van der Waals surface area contributed by atoms with E-state index in [1.54, 1.807) is 36.4 Å². The lowest BCUT2D eigenvalue weighted by Crippen LogP contribution is -2.28. The molecule has 2 aliphatic rings. The minimum Gasteiger partial charge on any atom is -0.453 e. The molecular formula is C20H20N2O5S. The Morgan fingerprint density at radius 3 is 2.64 bits per heavy atom. The van der Waals surface area contributed by atoms with Gasteiger partial charge in [-0.3, -0.25) is 4.79 Å². The molecule has 28 heavy (non-hydrogen) atoms. The predicted molar refractivity (Wildman–Crippen MR) is 102 cm³/mol. The van der Waals surface area contributed by atoms with E-state index in [0.717, 1.165) is 12.8 Å². The summed E-state index contributed by atoms with van der Waals surface area (Å²) in [7, 11) is -3.55. The molecule has 2 heterocycles. The summed E-state index contributed by atoms with van der Waals surface area (Å²) in [6.07, 6.45) is 1.04. The normalized spacial score (nSPS) is 19.3. The first-order valence-corrected chi connectivity index (χ1v) is 10.6. The zero-order valence-electron chi connectivity index (χ0n) is 15.1. The number of fused-ring (bicyclic) bond motifs is 1. The highest BCUT2D eigenvalue weighted by atomic mass is 32.2. The van der Waals surface area contributed by atoms with Crippen LogP contribution in [0.5, 0.6) is 0 Å². The lowest BCUT2D eigenvalue weighted by molar-refractivity contribution is -0.118. The van der Waals surface area contributed by atoms with E-state index < -0.39 is 22.1 Å². The van der Waals surface area contributed by atoms with Gasteiger partial charge in [0, 0.05) is 24.3 Å². The highest BCUT2D eigenvalue weighted by molar-refractivity contribution is 7.89. The molecule has 1 fully saturated rings. The van der Waals surface area contributed by atoms with Gasteiger partial charge in [-0.1, -0.05) is 24.3 Å². The van der Waals surface area contributed by atoms with Gasteiger partial charge in [-0.15, -0.1) is 0 Å². The molecule has 1 saturated heterocycles. The van der Waals surface area contributed by atoms with E-state index in [-0.39, 0.29) is 17.2 Å². The third-order valence-electron chi connectivity index (χ3n) is 4.97. The molecule has 7 nitrogen and oxygen atoms in total. The third-order valence-corrected chi connectivity index (χ3v) is 6.86. The van der Waals surface area contributed by atoms with Crippen molar-refractivity contribution in [3.8, 4) is 0 Å². The number of sulfonamides is 1. The molecule has 1 amide bonds. The van der Waals surface area contributed by atoms with Gasteiger partial charge in [0.15, 0.2) is 0 Å². The number of nitrogens with zero attached hydrogens (tertiary/aromatic N) is 1. The Bertz CT molecular complexity index is 1030. The van der Waals surface area contributed by atoms with Gasteiger partial charge >= 0.3 is 5.97 Å². The maximum Gasteiger partial charge on any atom is 0.339 e. The second kappa shape index (κ2) is 7.37. The fraction of sp³-hybridized carbons (Fsp3) is 0.300. The summed E-state index contributed by atoms with van der Waals surface area (Å²) in [6.45, 7) is 1.04. The Kier molecular flexibility index (Phi) is 4.91. The van der Waals surface area contributed by atoms with Crippen LogP contribution in [0.3, 0.4) is 0 Å². The minimum atomic E-state index is -3.55. The van der Waals surface area contributed by atoms with E-state index in [0.29, 0.717) is 29.9 Å². The van der Waals surface area contributed by atoms with Crippen molar-refractivity contribution >= 4 is 27.6 Å². The number of amides is 1. The predicted octanol–water partition coefficient (Wildman–Crippen LogP) is 2.71. The molecule has 2 aromatic carbocycles. The van der Waals surface area contributed by atoms with Gasteiger partial charge in [0.05, 0.1) is 16.9 Å². The summed E-state index contributed by atoms with van der Waals surface area (Å²) in [5, 5.41) is 2.70. The summed E-state index contributed by atoms with van der Waals surface area (Å²) < 4.78 is 32.1. The number of carbonyl (C=O) groups excluding carboxylic acids is 2. The first-order valence-electron chi connectivity index (χ1n) is 9.15. The number of nitrogens with one attached hydrogen (secondary N) is 1. The van der Waals surface area contributed by atoms with Crippen LogP contribution in [-0.4, -0.2) is 37.7 Å². The van der Waals surface area contributed by atoms with Crippen molar-refractivity contribution in [3.63, 3.8) is 0 Å². The SMILES string of the molecule is O=C(C[C@@H]1OC(=O)c2ccccc21)Nc1cccc(S(=O)(=O)N2CCCC2)c1. The first-order chi connectivity index (χ1) is 13.4. The number of ether oxygens (including phenoxy) is 1. The fourth-order valence-corrected chi connectivity index (χ4v) is 5.13. The van der Waals surface area contributed by atoms with Crippen LogP contribution in [0.2, 0.25) is 0 Å². The standard InChI is InChI=1S/C20H20N2O5S/c23-19(13-18-16-8-1-2-9-17(16)20(24)27-18)21-14-6-5-7-15(12-14)28(25,26)22-10-3-4-11-22/h1-2,5-9,12,18H,3-4,10-11,13H2,(H,21,23)/t18-/m0/s1. The largest absolute Gasteiger partial charge is 0.453 e. The van der Waals surface area contributed by atoms with E-state index in [4.69, 9.17) is 4.74 Å². The Morgan fingerprint density at radius 1 is 1.11 bits per heavy atom. The van der Waals surface area contributed by atoms with Crippen molar-refractivity contribution in [1.29, 1.82) is 0 Å². The smallest absolute Gasteiger partial charge is 0.339 e. The summed E-state index contributed by atoms with van der Waals surface area (Å²) in [6, 6.07) is 13.2. The molecule has 8 heteroatoms. The van der Waals surface area contributed by atoms with E-state index in [9.17, 15) is 18.0 Å². The Balaban J connectivity index is 1.47. The molecule has 146 valence electrons. The number of esters is 1. The summed E-state index contributed by atoms with van der Waals surface area (Å²) in [5.74, 6) is -0.794. The van der Waals surface area contributed by atoms with Crippen LogP contribution in [-0.2, 0) is 19.6 Å².